The van der Waals surface area contributed by atoms with Gasteiger partial charge in [0.25, 0.3) is 5.78 Å². The molecular weight excluding hydrogens is 394 g/mol. The summed E-state index contributed by atoms with van der Waals surface area (Å²) >= 11 is 2.00. The summed E-state index contributed by atoms with van der Waals surface area (Å²) in [4.78, 5) is 26.1. The molecule has 0 saturated heterocycles. The zero-order valence-corrected chi connectivity index (χ0v) is 16.3. The van der Waals surface area contributed by atoms with Crippen LogP contribution in [0.3, 0.4) is 0 Å². The SMILES string of the molecule is C=CCNC(=O)c1cc(-c2ccccc2)o[n+]1C(SC#N)C(=O)c1cccs1. The standard InChI is InChI=1S/C20H15N3O3S2/c1-2-10-22-19(25)15-12-16(14-7-4-3-5-8-14)26-23(15)20(28-13-21)18(24)17-9-6-11-27-17/h2-9,11-12,20H,1,10H2/p+1. The van der Waals surface area contributed by atoms with Crippen molar-refractivity contribution >= 4 is 34.8 Å². The molecule has 140 valence electrons. The lowest BCUT2D eigenvalue weighted by atomic mass is 10.1. The molecule has 0 bridgehead atoms. The van der Waals surface area contributed by atoms with Gasteiger partial charge in [-0.3, -0.25) is 9.59 Å². The summed E-state index contributed by atoms with van der Waals surface area (Å²) in [6.45, 7) is 3.85. The number of thiocyanates is 1. The van der Waals surface area contributed by atoms with Crippen molar-refractivity contribution in [2.45, 2.75) is 5.37 Å². The van der Waals surface area contributed by atoms with Crippen molar-refractivity contribution in [3.05, 3.63) is 77.1 Å². The summed E-state index contributed by atoms with van der Waals surface area (Å²) in [6.07, 6.45) is 1.55. The van der Waals surface area contributed by atoms with E-state index in [-0.39, 0.29) is 18.0 Å². The van der Waals surface area contributed by atoms with Crippen LogP contribution in [0.1, 0.15) is 25.5 Å². The fourth-order valence-corrected chi connectivity index (χ4v) is 3.85. The predicted octanol–water partition coefficient (Wildman–Crippen LogP) is 3.81. The zero-order valence-electron chi connectivity index (χ0n) is 14.7. The topological polar surface area (TPSA) is 87.0 Å². The number of hydrogen-bond donors (Lipinski definition) is 1. The minimum absolute atomic E-state index is 0.151. The molecule has 0 radical (unpaired) electrons. The molecule has 0 aliphatic heterocycles. The first-order valence-corrected chi connectivity index (χ1v) is 10.0. The average molecular weight is 411 g/mol. The molecule has 3 rings (SSSR count). The Labute approximate surface area is 170 Å². The maximum absolute atomic E-state index is 12.9. The first-order chi connectivity index (χ1) is 13.7. The summed E-state index contributed by atoms with van der Waals surface area (Å²) in [5, 5.41) is 14.6. The van der Waals surface area contributed by atoms with E-state index in [1.807, 2.05) is 35.7 Å². The van der Waals surface area contributed by atoms with E-state index in [2.05, 4.69) is 11.9 Å². The lowest BCUT2D eigenvalue weighted by Crippen LogP contribution is -2.47. The van der Waals surface area contributed by atoms with Crippen molar-refractivity contribution in [2.75, 3.05) is 6.54 Å². The number of benzene rings is 1. The Balaban J connectivity index is 2.08. The van der Waals surface area contributed by atoms with Crippen molar-refractivity contribution in [2.24, 2.45) is 0 Å². The van der Waals surface area contributed by atoms with Gasteiger partial charge in [0.2, 0.25) is 5.76 Å². The number of carbonyl (C=O) groups is 2. The molecule has 1 unspecified atom stereocenters. The van der Waals surface area contributed by atoms with Gasteiger partial charge in [-0.05, 0) is 11.4 Å². The first kappa shape index (κ1) is 19.6. The van der Waals surface area contributed by atoms with E-state index in [1.165, 1.54) is 16.1 Å². The molecule has 1 N–H and O–H groups in total. The molecule has 1 aromatic carbocycles. The fourth-order valence-electron chi connectivity index (χ4n) is 2.50. The molecule has 0 aliphatic rings. The highest BCUT2D eigenvalue weighted by Gasteiger charge is 2.40. The van der Waals surface area contributed by atoms with Gasteiger partial charge in [0.1, 0.15) is 5.40 Å². The van der Waals surface area contributed by atoms with E-state index in [0.29, 0.717) is 10.6 Å². The number of ketones is 1. The predicted molar refractivity (Wildman–Crippen MR) is 108 cm³/mol. The van der Waals surface area contributed by atoms with Crippen LogP contribution in [0.15, 0.2) is 71.1 Å². The van der Waals surface area contributed by atoms with Gasteiger partial charge in [-0.15, -0.1) is 17.9 Å². The maximum Gasteiger partial charge on any atom is 0.325 e. The number of rotatable bonds is 8. The number of hydrogen-bond acceptors (Lipinski definition) is 6. The number of thiophene rings is 1. The largest absolute Gasteiger partial charge is 0.343 e. The smallest absolute Gasteiger partial charge is 0.325 e. The molecule has 2 aromatic heterocycles. The zero-order chi connectivity index (χ0) is 19.9. The van der Waals surface area contributed by atoms with Crippen LogP contribution in [0.25, 0.3) is 11.3 Å². The molecule has 1 amide bonds. The summed E-state index contributed by atoms with van der Waals surface area (Å²) in [5.41, 5.74) is 0.904. The van der Waals surface area contributed by atoms with Crippen LogP contribution in [0.5, 0.6) is 0 Å². The van der Waals surface area contributed by atoms with Crippen LogP contribution < -0.4 is 10.1 Å². The third-order valence-electron chi connectivity index (χ3n) is 3.77. The molecule has 1 atom stereocenters. The van der Waals surface area contributed by atoms with Crippen LogP contribution in [0.2, 0.25) is 0 Å². The maximum atomic E-state index is 12.9. The number of Topliss-reactive ketones (excluding diaryl/α,β-unsaturated/α-hetero) is 1. The molecule has 0 spiro atoms. The van der Waals surface area contributed by atoms with Crippen LogP contribution in [-0.2, 0) is 0 Å². The van der Waals surface area contributed by atoms with E-state index >= 15 is 0 Å². The normalized spacial score (nSPS) is 11.4. The summed E-state index contributed by atoms with van der Waals surface area (Å²) in [5.74, 6) is -0.307. The molecule has 0 aliphatic carbocycles. The van der Waals surface area contributed by atoms with Gasteiger partial charge in [-0.1, -0.05) is 42.5 Å². The minimum atomic E-state index is -1.02. The van der Waals surface area contributed by atoms with E-state index in [4.69, 9.17) is 4.52 Å². The monoisotopic (exact) mass is 410 g/mol. The van der Waals surface area contributed by atoms with Crippen molar-refractivity contribution in [1.29, 1.82) is 5.26 Å². The Kier molecular flexibility index (Phi) is 6.42. The van der Waals surface area contributed by atoms with Crippen LogP contribution in [-0.4, -0.2) is 18.2 Å². The van der Waals surface area contributed by atoms with Crippen molar-refractivity contribution in [3.63, 3.8) is 0 Å². The molecule has 0 saturated carbocycles. The fraction of sp³-hybridized carbons (Fsp3) is 0.100. The summed E-state index contributed by atoms with van der Waals surface area (Å²) in [6, 6.07) is 14.2. The molecule has 0 fully saturated rings. The average Bonchev–Trinajstić information content (AvgIpc) is 3.40. The molecule has 8 heteroatoms. The second-order valence-corrected chi connectivity index (χ2v) is 7.39. The van der Waals surface area contributed by atoms with Crippen LogP contribution in [0, 0.1) is 10.7 Å². The van der Waals surface area contributed by atoms with Crippen molar-refractivity contribution in [3.8, 4) is 16.7 Å². The van der Waals surface area contributed by atoms with Crippen molar-refractivity contribution in [1.82, 2.24) is 5.32 Å². The lowest BCUT2D eigenvalue weighted by molar-refractivity contribution is -0.855. The molecule has 28 heavy (non-hydrogen) atoms. The quantitative estimate of drug-likeness (QED) is 0.264. The number of nitriles is 1. The second-order valence-electron chi connectivity index (χ2n) is 5.58. The van der Waals surface area contributed by atoms with Gasteiger partial charge in [-0.25, -0.2) is 4.52 Å². The van der Waals surface area contributed by atoms with Gasteiger partial charge >= 0.3 is 17.0 Å². The van der Waals surface area contributed by atoms with Gasteiger partial charge in [0.05, 0.1) is 10.9 Å². The van der Waals surface area contributed by atoms with Crippen LogP contribution in [0.4, 0.5) is 0 Å². The molecule has 6 nitrogen and oxygen atoms in total. The van der Waals surface area contributed by atoms with Gasteiger partial charge in [0, 0.05) is 28.6 Å². The van der Waals surface area contributed by atoms with E-state index in [0.717, 1.165) is 17.3 Å². The Morgan fingerprint density at radius 3 is 2.75 bits per heavy atom. The van der Waals surface area contributed by atoms with Gasteiger partial charge in [0.15, 0.2) is 0 Å². The Morgan fingerprint density at radius 2 is 2.11 bits per heavy atom. The minimum Gasteiger partial charge on any atom is -0.343 e. The number of amides is 1. The first-order valence-electron chi connectivity index (χ1n) is 8.28. The molecule has 3 aromatic rings. The third kappa shape index (κ3) is 4.22. The van der Waals surface area contributed by atoms with E-state index in [1.54, 1.807) is 29.7 Å². The second kappa shape index (κ2) is 9.17. The number of thioether (sulfide) groups is 1. The van der Waals surface area contributed by atoms with E-state index < -0.39 is 11.3 Å². The Bertz CT molecular complexity index is 1020. The third-order valence-corrected chi connectivity index (χ3v) is 5.38. The highest BCUT2D eigenvalue weighted by molar-refractivity contribution is 8.04. The highest BCUT2D eigenvalue weighted by atomic mass is 32.2. The highest BCUT2D eigenvalue weighted by Crippen LogP contribution is 2.27. The summed E-state index contributed by atoms with van der Waals surface area (Å²) < 4.78 is 7.08. The number of nitrogens with zero attached hydrogens (tertiary/aromatic N) is 2. The number of nitrogens with one attached hydrogen (secondary N) is 1. The number of aromatic nitrogens is 1. The van der Waals surface area contributed by atoms with Gasteiger partial charge < -0.3 is 5.32 Å². The molecule has 2 heterocycles. The lowest BCUT2D eigenvalue weighted by Gasteiger charge is -2.04. The molecular formula is C20H16N3O3S2+. The Morgan fingerprint density at radius 1 is 1.32 bits per heavy atom. The van der Waals surface area contributed by atoms with Crippen molar-refractivity contribution < 1.29 is 18.9 Å². The Hall–Kier alpha value is -3.15. The van der Waals surface area contributed by atoms with Gasteiger partial charge in [-0.2, -0.15) is 5.26 Å². The number of carbonyl (C=O) groups excluding carboxylic acids is 2. The van der Waals surface area contributed by atoms with E-state index in [9.17, 15) is 14.9 Å². The summed E-state index contributed by atoms with van der Waals surface area (Å²) in [7, 11) is 0. The van der Waals surface area contributed by atoms with Crippen LogP contribution >= 0.6 is 23.1 Å².